The van der Waals surface area contributed by atoms with Crippen molar-refractivity contribution in [2.24, 2.45) is 4.99 Å². The molecule has 0 unspecified atom stereocenters. The lowest BCUT2D eigenvalue weighted by Crippen LogP contribution is -1.99. The van der Waals surface area contributed by atoms with Gasteiger partial charge in [0.05, 0.1) is 17.7 Å². The summed E-state index contributed by atoms with van der Waals surface area (Å²) in [6.45, 7) is 0. The van der Waals surface area contributed by atoms with E-state index in [1.165, 1.54) is 12.1 Å². The summed E-state index contributed by atoms with van der Waals surface area (Å²) in [4.78, 5) is 24.9. The van der Waals surface area contributed by atoms with Crippen LogP contribution in [0, 0.1) is 11.3 Å². The molecular weight excluding hydrogens is 208 g/mol. The van der Waals surface area contributed by atoms with Crippen LogP contribution in [0.3, 0.4) is 0 Å². The Morgan fingerprint density at radius 3 is 2.75 bits per heavy atom. The van der Waals surface area contributed by atoms with Crippen LogP contribution < -0.4 is 0 Å². The lowest BCUT2D eigenvalue weighted by Gasteiger charge is -1.99. The molecule has 0 fully saturated rings. The Kier molecular flexibility index (Phi) is 3.92. The van der Waals surface area contributed by atoms with E-state index in [2.05, 4.69) is 4.99 Å². The molecule has 5 nitrogen and oxygen atoms in total. The first kappa shape index (κ1) is 11.6. The number of nitrogens with zero attached hydrogens (tertiary/aromatic N) is 2. The van der Waals surface area contributed by atoms with Crippen molar-refractivity contribution >= 4 is 23.7 Å². The highest BCUT2D eigenvalue weighted by Crippen LogP contribution is 2.18. The predicted molar refractivity (Wildman–Crippen MR) is 56.8 cm³/mol. The van der Waals surface area contributed by atoms with E-state index in [9.17, 15) is 9.59 Å². The first-order valence-corrected chi connectivity index (χ1v) is 4.42. The summed E-state index contributed by atoms with van der Waals surface area (Å²) >= 11 is 0. The molecule has 0 radical (unpaired) electrons. The van der Waals surface area contributed by atoms with E-state index < -0.39 is 5.97 Å². The maximum Gasteiger partial charge on any atom is 0.337 e. The number of benzene rings is 1. The molecule has 1 aromatic rings. The summed E-state index contributed by atoms with van der Waals surface area (Å²) in [6, 6.07) is 7.78. The maximum absolute atomic E-state index is 10.8. The Labute approximate surface area is 91.7 Å². The molecule has 0 aliphatic rings. The molecule has 80 valence electrons. The molecule has 0 saturated carbocycles. The van der Waals surface area contributed by atoms with Gasteiger partial charge < -0.3 is 9.90 Å². The van der Waals surface area contributed by atoms with Crippen molar-refractivity contribution in [1.29, 1.82) is 5.26 Å². The van der Waals surface area contributed by atoms with E-state index >= 15 is 0 Å². The number of aromatic carboxylic acids is 1. The topological polar surface area (TPSA) is 90.5 Å². The van der Waals surface area contributed by atoms with E-state index in [0.29, 0.717) is 6.29 Å². The highest BCUT2D eigenvalue weighted by Gasteiger charge is 2.08. The van der Waals surface area contributed by atoms with Gasteiger partial charge in [0.2, 0.25) is 0 Å². The molecule has 0 aliphatic carbocycles. The Morgan fingerprint density at radius 1 is 1.50 bits per heavy atom. The largest absolute Gasteiger partial charge is 0.478 e. The molecule has 0 bridgehead atoms. The second-order valence-electron chi connectivity index (χ2n) is 2.86. The highest BCUT2D eigenvalue weighted by atomic mass is 16.4. The van der Waals surface area contributed by atoms with Crippen molar-refractivity contribution in [2.45, 2.75) is 6.42 Å². The van der Waals surface area contributed by atoms with Gasteiger partial charge in [-0.05, 0) is 12.1 Å². The third-order valence-corrected chi connectivity index (χ3v) is 1.80. The van der Waals surface area contributed by atoms with Crippen LogP contribution in [0.25, 0.3) is 0 Å². The minimum absolute atomic E-state index is 0.00106. The lowest BCUT2D eigenvalue weighted by atomic mass is 10.2. The quantitative estimate of drug-likeness (QED) is 0.610. The van der Waals surface area contributed by atoms with Crippen LogP contribution in [-0.4, -0.2) is 23.1 Å². The zero-order chi connectivity index (χ0) is 12.0. The van der Waals surface area contributed by atoms with Gasteiger partial charge in [0.25, 0.3) is 0 Å². The molecule has 5 heteroatoms. The number of para-hydroxylation sites is 1. The van der Waals surface area contributed by atoms with Crippen molar-refractivity contribution in [3.63, 3.8) is 0 Å². The highest BCUT2D eigenvalue weighted by molar-refractivity contribution is 6.07. The number of hydrogen-bond acceptors (Lipinski definition) is 4. The van der Waals surface area contributed by atoms with Crippen molar-refractivity contribution in [3.8, 4) is 6.07 Å². The van der Waals surface area contributed by atoms with E-state index in [1.54, 1.807) is 18.2 Å². The van der Waals surface area contributed by atoms with Crippen molar-refractivity contribution in [1.82, 2.24) is 0 Å². The molecule has 0 spiro atoms. The van der Waals surface area contributed by atoms with Crippen LogP contribution in [0.15, 0.2) is 29.3 Å². The van der Waals surface area contributed by atoms with Gasteiger partial charge in [-0.25, -0.2) is 9.79 Å². The van der Waals surface area contributed by atoms with E-state index in [1.807, 2.05) is 0 Å². The SMILES string of the molecule is N#CC(CC=O)=Nc1ccccc1C(=O)O. The minimum Gasteiger partial charge on any atom is -0.478 e. The van der Waals surface area contributed by atoms with Gasteiger partial charge in [-0.2, -0.15) is 5.26 Å². The third-order valence-electron chi connectivity index (χ3n) is 1.80. The van der Waals surface area contributed by atoms with Gasteiger partial charge in [-0.15, -0.1) is 0 Å². The van der Waals surface area contributed by atoms with Crippen LogP contribution in [0.1, 0.15) is 16.8 Å². The fourth-order valence-corrected chi connectivity index (χ4v) is 1.09. The van der Waals surface area contributed by atoms with Gasteiger partial charge in [-0.3, -0.25) is 0 Å². The minimum atomic E-state index is -1.12. The van der Waals surface area contributed by atoms with Crippen molar-refractivity contribution < 1.29 is 14.7 Å². The summed E-state index contributed by atoms with van der Waals surface area (Å²) < 4.78 is 0. The summed E-state index contributed by atoms with van der Waals surface area (Å²) in [5, 5.41) is 17.5. The summed E-state index contributed by atoms with van der Waals surface area (Å²) in [5.41, 5.74) is 0.165. The van der Waals surface area contributed by atoms with Crippen LogP contribution >= 0.6 is 0 Å². The number of nitriles is 1. The molecule has 1 N–H and O–H groups in total. The van der Waals surface area contributed by atoms with E-state index in [-0.39, 0.29) is 23.4 Å². The molecule has 16 heavy (non-hydrogen) atoms. The zero-order valence-corrected chi connectivity index (χ0v) is 8.25. The third kappa shape index (κ3) is 2.75. The van der Waals surface area contributed by atoms with Crippen molar-refractivity contribution in [3.05, 3.63) is 29.8 Å². The number of aldehydes is 1. The maximum atomic E-state index is 10.8. The Bertz CT molecular complexity index is 486. The predicted octanol–water partition coefficient (Wildman–Crippen LogP) is 1.57. The molecular formula is C11H8N2O3. The summed E-state index contributed by atoms with van der Waals surface area (Å²) in [6.07, 6.45) is 0.426. The van der Waals surface area contributed by atoms with Gasteiger partial charge in [0, 0.05) is 0 Å². The number of carbonyl (C=O) groups is 2. The van der Waals surface area contributed by atoms with Crippen LogP contribution in [0.2, 0.25) is 0 Å². The number of carboxylic acid groups (broad SMARTS) is 1. The number of carboxylic acids is 1. The molecule has 0 atom stereocenters. The molecule has 0 aliphatic heterocycles. The average molecular weight is 216 g/mol. The van der Waals surface area contributed by atoms with Gasteiger partial charge in [0.1, 0.15) is 18.1 Å². The van der Waals surface area contributed by atoms with E-state index in [0.717, 1.165) is 0 Å². The monoisotopic (exact) mass is 216 g/mol. The smallest absolute Gasteiger partial charge is 0.337 e. The van der Waals surface area contributed by atoms with Crippen LogP contribution in [0.4, 0.5) is 5.69 Å². The molecule has 1 rings (SSSR count). The summed E-state index contributed by atoms with van der Waals surface area (Å²) in [5.74, 6) is -1.12. The van der Waals surface area contributed by atoms with Crippen LogP contribution in [-0.2, 0) is 4.79 Å². The Morgan fingerprint density at radius 2 is 2.19 bits per heavy atom. The molecule has 0 aromatic heterocycles. The lowest BCUT2D eigenvalue weighted by molar-refractivity contribution is -0.106. The zero-order valence-electron chi connectivity index (χ0n) is 8.25. The second-order valence-corrected chi connectivity index (χ2v) is 2.86. The summed E-state index contributed by atoms with van der Waals surface area (Å²) in [7, 11) is 0. The van der Waals surface area contributed by atoms with Gasteiger partial charge in [0.15, 0.2) is 0 Å². The molecule has 1 aromatic carbocycles. The second kappa shape index (κ2) is 5.41. The Balaban J connectivity index is 3.18. The molecule has 0 heterocycles. The van der Waals surface area contributed by atoms with Crippen molar-refractivity contribution in [2.75, 3.05) is 0 Å². The number of rotatable bonds is 4. The fourth-order valence-electron chi connectivity index (χ4n) is 1.09. The average Bonchev–Trinajstić information content (AvgIpc) is 2.29. The fraction of sp³-hybridized carbons (Fsp3) is 0.0909. The number of aliphatic imine (C=N–C) groups is 1. The molecule has 0 saturated heterocycles. The number of carbonyl (C=O) groups excluding carboxylic acids is 1. The number of hydrogen-bond donors (Lipinski definition) is 1. The normalized spacial score (nSPS) is 10.6. The van der Waals surface area contributed by atoms with E-state index in [4.69, 9.17) is 10.4 Å². The van der Waals surface area contributed by atoms with Crippen LogP contribution in [0.5, 0.6) is 0 Å². The van der Waals surface area contributed by atoms with Gasteiger partial charge in [-0.1, -0.05) is 12.1 Å². The first-order chi connectivity index (χ1) is 7.69. The Hall–Kier alpha value is -2.48. The van der Waals surface area contributed by atoms with Gasteiger partial charge >= 0.3 is 5.97 Å². The standard InChI is InChI=1S/C11H8N2O3/c12-7-8(5-6-14)13-10-4-2-1-3-9(10)11(15)16/h1-4,6H,5H2,(H,15,16). The first-order valence-electron chi connectivity index (χ1n) is 4.42. The molecule has 0 amide bonds.